The molecular weight excluding hydrogens is 310 g/mol. The van der Waals surface area contributed by atoms with Gasteiger partial charge in [0.05, 0.1) is 18.4 Å². The number of piperidine rings is 1. The zero-order valence-corrected chi connectivity index (χ0v) is 14.6. The van der Waals surface area contributed by atoms with Gasteiger partial charge in [0.25, 0.3) is 0 Å². The molecule has 0 spiro atoms. The largest absolute Gasteiger partial charge is 0.481 e. The number of esters is 1. The summed E-state index contributed by atoms with van der Waals surface area (Å²) in [6.07, 6.45) is 6.84. The molecule has 1 aliphatic heterocycles. The van der Waals surface area contributed by atoms with Crippen LogP contribution in [0.15, 0.2) is 0 Å². The van der Waals surface area contributed by atoms with Crippen LogP contribution in [0.4, 0.5) is 0 Å². The predicted octanol–water partition coefficient (Wildman–Crippen LogP) is 2.60. The van der Waals surface area contributed by atoms with Crippen molar-refractivity contribution in [1.82, 2.24) is 4.90 Å². The average Bonchev–Trinajstić information content (AvgIpc) is 2.60. The van der Waals surface area contributed by atoms with Gasteiger partial charge in [0, 0.05) is 19.5 Å². The van der Waals surface area contributed by atoms with Crippen molar-refractivity contribution < 1.29 is 24.2 Å². The Morgan fingerprint density at radius 3 is 2.25 bits per heavy atom. The normalized spacial score (nSPS) is 21.3. The minimum absolute atomic E-state index is 0.0329. The number of carbonyl (C=O) groups is 3. The molecule has 0 aromatic heterocycles. The molecular formula is C18H29NO5. The first-order valence-corrected chi connectivity index (χ1v) is 9.16. The molecule has 136 valence electrons. The lowest BCUT2D eigenvalue weighted by atomic mass is 9.63. The fourth-order valence-corrected chi connectivity index (χ4v) is 4.24. The number of amides is 1. The number of carboxylic acids is 1. The van der Waals surface area contributed by atoms with Gasteiger partial charge >= 0.3 is 11.9 Å². The second-order valence-electron chi connectivity index (χ2n) is 6.99. The molecule has 1 saturated heterocycles. The van der Waals surface area contributed by atoms with Crippen molar-refractivity contribution in [2.75, 3.05) is 19.7 Å². The van der Waals surface area contributed by atoms with E-state index in [1.165, 1.54) is 6.42 Å². The van der Waals surface area contributed by atoms with Crippen molar-refractivity contribution in [3.05, 3.63) is 0 Å². The Morgan fingerprint density at radius 1 is 1.08 bits per heavy atom. The lowest BCUT2D eigenvalue weighted by Gasteiger charge is -2.45. The molecule has 2 rings (SSSR count). The summed E-state index contributed by atoms with van der Waals surface area (Å²) < 4.78 is 5.39. The van der Waals surface area contributed by atoms with Crippen LogP contribution in [0.25, 0.3) is 0 Å². The monoisotopic (exact) mass is 339 g/mol. The number of carboxylic acid groups (broad SMARTS) is 1. The topological polar surface area (TPSA) is 83.9 Å². The highest BCUT2D eigenvalue weighted by Crippen LogP contribution is 2.46. The summed E-state index contributed by atoms with van der Waals surface area (Å²) in [7, 11) is 0. The van der Waals surface area contributed by atoms with Gasteiger partial charge in [0.1, 0.15) is 0 Å². The lowest BCUT2D eigenvalue weighted by Crippen LogP contribution is -2.51. The summed E-state index contributed by atoms with van der Waals surface area (Å²) in [5, 5.41) is 8.71. The molecule has 0 unspecified atom stereocenters. The van der Waals surface area contributed by atoms with E-state index in [4.69, 9.17) is 9.84 Å². The molecule has 1 N–H and O–H groups in total. The van der Waals surface area contributed by atoms with Gasteiger partial charge in [-0.15, -0.1) is 0 Å². The quantitative estimate of drug-likeness (QED) is 0.752. The molecule has 1 aliphatic carbocycles. The first kappa shape index (κ1) is 18.7. The number of hydrogen-bond acceptors (Lipinski definition) is 4. The van der Waals surface area contributed by atoms with Crippen molar-refractivity contribution in [2.24, 2.45) is 11.3 Å². The highest BCUT2D eigenvalue weighted by Gasteiger charge is 2.49. The third-order valence-electron chi connectivity index (χ3n) is 5.63. The summed E-state index contributed by atoms with van der Waals surface area (Å²) in [4.78, 5) is 37.2. The van der Waals surface area contributed by atoms with E-state index < -0.39 is 11.4 Å². The minimum Gasteiger partial charge on any atom is -0.481 e. The summed E-state index contributed by atoms with van der Waals surface area (Å²) in [5.74, 6) is -0.835. The molecule has 2 aliphatic rings. The van der Waals surface area contributed by atoms with Gasteiger partial charge in [-0.1, -0.05) is 19.3 Å². The molecule has 0 bridgehead atoms. The van der Waals surface area contributed by atoms with E-state index in [2.05, 4.69) is 0 Å². The lowest BCUT2D eigenvalue weighted by molar-refractivity contribution is -0.166. The van der Waals surface area contributed by atoms with Crippen LogP contribution in [0, 0.1) is 11.3 Å². The number of rotatable bonds is 6. The Morgan fingerprint density at radius 2 is 1.71 bits per heavy atom. The molecule has 6 heteroatoms. The average molecular weight is 339 g/mol. The van der Waals surface area contributed by atoms with Crippen LogP contribution in [-0.4, -0.2) is 47.5 Å². The van der Waals surface area contributed by atoms with Gasteiger partial charge in [-0.3, -0.25) is 14.4 Å². The molecule has 1 heterocycles. The Kier molecular flexibility index (Phi) is 6.63. The Balaban J connectivity index is 2.02. The number of hydrogen-bond donors (Lipinski definition) is 1. The van der Waals surface area contributed by atoms with Gasteiger partial charge < -0.3 is 14.7 Å². The van der Waals surface area contributed by atoms with Crippen LogP contribution in [0.5, 0.6) is 0 Å². The number of likely N-dealkylation sites (tertiary alicyclic amines) is 1. The van der Waals surface area contributed by atoms with Crippen molar-refractivity contribution in [1.29, 1.82) is 0 Å². The number of carbonyl (C=O) groups excluding carboxylic acids is 2. The van der Waals surface area contributed by atoms with E-state index in [-0.39, 0.29) is 24.7 Å². The Labute approximate surface area is 143 Å². The summed E-state index contributed by atoms with van der Waals surface area (Å²) in [5.41, 5.74) is -0.458. The van der Waals surface area contributed by atoms with Gasteiger partial charge in [0.2, 0.25) is 5.91 Å². The van der Waals surface area contributed by atoms with E-state index in [0.29, 0.717) is 38.5 Å². The second kappa shape index (κ2) is 8.49. The van der Waals surface area contributed by atoms with Crippen LogP contribution in [-0.2, 0) is 19.1 Å². The second-order valence-corrected chi connectivity index (χ2v) is 6.99. The van der Waals surface area contributed by atoms with E-state index in [1.807, 2.05) is 6.92 Å². The van der Waals surface area contributed by atoms with Crippen molar-refractivity contribution in [3.63, 3.8) is 0 Å². The third-order valence-corrected chi connectivity index (χ3v) is 5.63. The Hall–Kier alpha value is -1.59. The zero-order chi connectivity index (χ0) is 17.6. The summed E-state index contributed by atoms with van der Waals surface area (Å²) in [6.45, 7) is 3.26. The van der Waals surface area contributed by atoms with Crippen LogP contribution < -0.4 is 0 Å². The fraction of sp³-hybridized carbons (Fsp3) is 0.833. The molecule has 0 aromatic rings. The van der Waals surface area contributed by atoms with Crippen molar-refractivity contribution >= 4 is 17.8 Å². The van der Waals surface area contributed by atoms with Crippen LogP contribution in [0.1, 0.15) is 64.7 Å². The van der Waals surface area contributed by atoms with Crippen LogP contribution in [0.2, 0.25) is 0 Å². The fourth-order valence-electron chi connectivity index (χ4n) is 4.24. The molecule has 6 nitrogen and oxygen atoms in total. The van der Waals surface area contributed by atoms with E-state index in [0.717, 1.165) is 25.7 Å². The number of nitrogens with zero attached hydrogens (tertiary/aromatic N) is 1. The molecule has 0 atom stereocenters. The van der Waals surface area contributed by atoms with Crippen molar-refractivity contribution in [3.8, 4) is 0 Å². The molecule has 0 radical (unpaired) electrons. The van der Waals surface area contributed by atoms with Crippen molar-refractivity contribution in [2.45, 2.75) is 64.7 Å². The SMILES string of the molecule is CCOC(=O)C1(C2CCCCC2)CCN(C(=O)CCC(=O)O)CC1. The van der Waals surface area contributed by atoms with Gasteiger partial charge in [-0.25, -0.2) is 0 Å². The maximum absolute atomic E-state index is 12.7. The van der Waals surface area contributed by atoms with E-state index in [1.54, 1.807) is 4.90 Å². The van der Waals surface area contributed by atoms with E-state index >= 15 is 0 Å². The summed E-state index contributed by atoms with van der Waals surface area (Å²) in [6, 6.07) is 0. The molecule has 1 amide bonds. The standard InChI is InChI=1S/C18H29NO5/c1-2-24-17(23)18(14-6-4-3-5-7-14)10-12-19(13-11-18)15(20)8-9-16(21)22/h14H,2-13H2,1H3,(H,21,22). The molecule has 0 aromatic carbocycles. The first-order valence-electron chi connectivity index (χ1n) is 9.16. The minimum atomic E-state index is -0.955. The highest BCUT2D eigenvalue weighted by molar-refractivity contribution is 5.82. The Bertz CT molecular complexity index is 462. The maximum atomic E-state index is 12.7. The molecule has 24 heavy (non-hydrogen) atoms. The van der Waals surface area contributed by atoms with Crippen LogP contribution >= 0.6 is 0 Å². The third kappa shape index (κ3) is 4.28. The van der Waals surface area contributed by atoms with Crippen LogP contribution in [0.3, 0.4) is 0 Å². The molecule has 2 fully saturated rings. The van der Waals surface area contributed by atoms with Gasteiger partial charge in [-0.05, 0) is 38.5 Å². The first-order chi connectivity index (χ1) is 11.5. The zero-order valence-electron chi connectivity index (χ0n) is 14.6. The maximum Gasteiger partial charge on any atom is 0.312 e. The summed E-state index contributed by atoms with van der Waals surface area (Å²) >= 11 is 0. The van der Waals surface area contributed by atoms with Gasteiger partial charge in [-0.2, -0.15) is 0 Å². The van der Waals surface area contributed by atoms with E-state index in [9.17, 15) is 14.4 Å². The number of ether oxygens (including phenoxy) is 1. The van der Waals surface area contributed by atoms with Gasteiger partial charge in [0.15, 0.2) is 0 Å². The number of aliphatic carboxylic acids is 1. The highest BCUT2D eigenvalue weighted by atomic mass is 16.5. The predicted molar refractivity (Wildman–Crippen MR) is 88.3 cm³/mol. The molecule has 1 saturated carbocycles. The smallest absolute Gasteiger partial charge is 0.312 e.